The van der Waals surface area contributed by atoms with Crippen LogP contribution in [0.5, 0.6) is 5.75 Å². The molecule has 0 spiro atoms. The second-order valence-corrected chi connectivity index (χ2v) is 8.46. The molecule has 0 saturated heterocycles. The molecule has 0 aliphatic rings. The summed E-state index contributed by atoms with van der Waals surface area (Å²) >= 11 is 1.78. The van der Waals surface area contributed by atoms with Gasteiger partial charge in [-0.3, -0.25) is 9.67 Å². The molecular weight excluding hydrogens is 521 g/mol. The molecule has 31 heavy (non-hydrogen) atoms. The normalized spacial score (nSPS) is 11.3. The summed E-state index contributed by atoms with van der Waals surface area (Å²) in [7, 11) is 1.94. The SMILES string of the molecule is CC(C)Oc1ccc(NC(=NCCCc2cnn(C)c2)NCCc2cccs2)cc1.I. The molecule has 2 heterocycles. The van der Waals surface area contributed by atoms with Crippen LogP contribution in [-0.2, 0) is 19.9 Å². The number of nitrogens with one attached hydrogen (secondary N) is 2. The van der Waals surface area contributed by atoms with Crippen LogP contribution in [-0.4, -0.2) is 34.9 Å². The quantitative estimate of drug-likeness (QED) is 0.158. The number of aryl methyl sites for hydroxylation is 2. The highest BCUT2D eigenvalue weighted by Crippen LogP contribution is 2.17. The number of thiophene rings is 1. The minimum absolute atomic E-state index is 0. The summed E-state index contributed by atoms with van der Waals surface area (Å²) in [5.74, 6) is 1.67. The second kappa shape index (κ2) is 13.4. The number of benzene rings is 1. The van der Waals surface area contributed by atoms with Crippen molar-refractivity contribution in [2.45, 2.75) is 39.2 Å². The minimum atomic E-state index is 0. The zero-order valence-corrected chi connectivity index (χ0v) is 21.5. The summed E-state index contributed by atoms with van der Waals surface area (Å²) in [5, 5.41) is 13.2. The number of ether oxygens (including phenoxy) is 1. The first-order chi connectivity index (χ1) is 14.6. The van der Waals surface area contributed by atoms with Gasteiger partial charge < -0.3 is 15.4 Å². The Bertz CT molecular complexity index is 906. The van der Waals surface area contributed by atoms with Gasteiger partial charge in [0.25, 0.3) is 0 Å². The molecule has 3 rings (SSSR count). The van der Waals surface area contributed by atoms with Crippen LogP contribution in [0.15, 0.2) is 59.2 Å². The first-order valence-corrected chi connectivity index (χ1v) is 11.3. The summed E-state index contributed by atoms with van der Waals surface area (Å²) in [5.41, 5.74) is 2.23. The molecule has 3 aromatic rings. The summed E-state index contributed by atoms with van der Waals surface area (Å²) in [6, 6.07) is 12.3. The van der Waals surface area contributed by atoms with E-state index in [2.05, 4.69) is 39.4 Å². The van der Waals surface area contributed by atoms with Crippen LogP contribution in [0.3, 0.4) is 0 Å². The number of aromatic nitrogens is 2. The van der Waals surface area contributed by atoms with Crippen molar-refractivity contribution in [2.24, 2.45) is 12.0 Å². The first kappa shape index (κ1) is 25.2. The van der Waals surface area contributed by atoms with Crippen LogP contribution in [0, 0.1) is 0 Å². The van der Waals surface area contributed by atoms with Gasteiger partial charge in [0.2, 0.25) is 0 Å². The van der Waals surface area contributed by atoms with Crippen molar-refractivity contribution in [3.8, 4) is 5.75 Å². The summed E-state index contributed by atoms with van der Waals surface area (Å²) in [6.45, 7) is 5.64. The van der Waals surface area contributed by atoms with Gasteiger partial charge in [-0.25, -0.2) is 0 Å². The number of guanidine groups is 1. The monoisotopic (exact) mass is 553 g/mol. The van der Waals surface area contributed by atoms with E-state index in [-0.39, 0.29) is 30.1 Å². The molecule has 168 valence electrons. The van der Waals surface area contributed by atoms with Gasteiger partial charge in [-0.05, 0) is 74.4 Å². The van der Waals surface area contributed by atoms with Crippen LogP contribution < -0.4 is 15.4 Å². The molecule has 0 bridgehead atoms. The van der Waals surface area contributed by atoms with Crippen LogP contribution in [0.2, 0.25) is 0 Å². The Hall–Kier alpha value is -2.07. The van der Waals surface area contributed by atoms with E-state index in [9.17, 15) is 0 Å². The van der Waals surface area contributed by atoms with Crippen LogP contribution in [0.1, 0.15) is 30.7 Å². The van der Waals surface area contributed by atoms with E-state index in [1.54, 1.807) is 11.3 Å². The Balaban J connectivity index is 0.00000341. The maximum atomic E-state index is 5.72. The molecule has 0 aliphatic heterocycles. The van der Waals surface area contributed by atoms with Gasteiger partial charge in [0.15, 0.2) is 5.96 Å². The fourth-order valence-electron chi connectivity index (χ4n) is 3.00. The van der Waals surface area contributed by atoms with Gasteiger partial charge in [0.1, 0.15) is 5.75 Å². The lowest BCUT2D eigenvalue weighted by Crippen LogP contribution is -2.32. The zero-order chi connectivity index (χ0) is 21.2. The number of anilines is 1. The summed E-state index contributed by atoms with van der Waals surface area (Å²) < 4.78 is 7.56. The topological polar surface area (TPSA) is 63.5 Å². The minimum Gasteiger partial charge on any atom is -0.491 e. The third-order valence-electron chi connectivity index (χ3n) is 4.38. The molecule has 0 amide bonds. The Morgan fingerprint density at radius 3 is 2.65 bits per heavy atom. The standard InChI is InChI=1S/C23H31N5OS.HI/c1-18(2)29-21-10-8-20(9-11-21)27-23(25-14-12-22-7-5-15-30-22)24-13-4-6-19-16-26-28(3)17-19;/h5,7-11,15-18H,4,6,12-14H2,1-3H3,(H2,24,25,27);1H. The summed E-state index contributed by atoms with van der Waals surface area (Å²) in [6.07, 6.45) is 7.08. The van der Waals surface area contributed by atoms with Crippen molar-refractivity contribution in [1.29, 1.82) is 0 Å². The fraction of sp³-hybridized carbons (Fsp3) is 0.391. The highest BCUT2D eigenvalue weighted by Gasteiger charge is 2.03. The molecule has 0 unspecified atom stereocenters. The van der Waals surface area contributed by atoms with E-state index < -0.39 is 0 Å². The zero-order valence-electron chi connectivity index (χ0n) is 18.4. The highest BCUT2D eigenvalue weighted by molar-refractivity contribution is 14.0. The molecule has 0 aliphatic carbocycles. The lowest BCUT2D eigenvalue weighted by molar-refractivity contribution is 0.242. The molecule has 2 aromatic heterocycles. The highest BCUT2D eigenvalue weighted by atomic mass is 127. The smallest absolute Gasteiger partial charge is 0.195 e. The van der Waals surface area contributed by atoms with Crippen molar-refractivity contribution in [2.75, 3.05) is 18.4 Å². The van der Waals surface area contributed by atoms with Crippen molar-refractivity contribution < 1.29 is 4.74 Å². The molecule has 0 atom stereocenters. The molecule has 0 fully saturated rings. The van der Waals surface area contributed by atoms with Crippen LogP contribution in [0.4, 0.5) is 5.69 Å². The third kappa shape index (κ3) is 9.30. The lowest BCUT2D eigenvalue weighted by Gasteiger charge is -2.14. The number of hydrogen-bond acceptors (Lipinski definition) is 4. The largest absolute Gasteiger partial charge is 0.491 e. The van der Waals surface area contributed by atoms with E-state index in [1.165, 1.54) is 10.4 Å². The van der Waals surface area contributed by atoms with E-state index in [4.69, 9.17) is 9.73 Å². The van der Waals surface area contributed by atoms with Gasteiger partial charge in [0, 0.05) is 36.9 Å². The molecular formula is C23H32IN5OS. The lowest BCUT2D eigenvalue weighted by atomic mass is 10.2. The summed E-state index contributed by atoms with van der Waals surface area (Å²) in [4.78, 5) is 6.14. The van der Waals surface area contributed by atoms with E-state index in [1.807, 2.05) is 56.0 Å². The van der Waals surface area contributed by atoms with Gasteiger partial charge in [-0.1, -0.05) is 6.07 Å². The maximum absolute atomic E-state index is 5.72. The molecule has 6 nitrogen and oxygen atoms in total. The number of rotatable bonds is 10. The third-order valence-corrected chi connectivity index (χ3v) is 5.32. The molecule has 1 aromatic carbocycles. The maximum Gasteiger partial charge on any atom is 0.195 e. The van der Waals surface area contributed by atoms with Crippen LogP contribution in [0.25, 0.3) is 0 Å². The Morgan fingerprint density at radius 2 is 2.00 bits per heavy atom. The van der Waals surface area contributed by atoms with E-state index >= 15 is 0 Å². The number of halogens is 1. The van der Waals surface area contributed by atoms with Crippen molar-refractivity contribution in [1.82, 2.24) is 15.1 Å². The van der Waals surface area contributed by atoms with E-state index in [0.29, 0.717) is 0 Å². The predicted octanol–water partition coefficient (Wildman–Crippen LogP) is 5.12. The molecule has 8 heteroatoms. The van der Waals surface area contributed by atoms with Crippen LogP contribution >= 0.6 is 35.3 Å². The second-order valence-electron chi connectivity index (χ2n) is 7.43. The molecule has 0 saturated carbocycles. The van der Waals surface area contributed by atoms with Crippen molar-refractivity contribution in [3.63, 3.8) is 0 Å². The number of aliphatic imine (C=N–C) groups is 1. The van der Waals surface area contributed by atoms with E-state index in [0.717, 1.165) is 49.7 Å². The predicted molar refractivity (Wildman–Crippen MR) is 141 cm³/mol. The number of hydrogen-bond donors (Lipinski definition) is 2. The van der Waals surface area contributed by atoms with Gasteiger partial charge in [0.05, 0.1) is 12.3 Å². The Morgan fingerprint density at radius 1 is 1.19 bits per heavy atom. The number of nitrogens with zero attached hydrogens (tertiary/aromatic N) is 3. The van der Waals surface area contributed by atoms with Gasteiger partial charge in [-0.15, -0.1) is 35.3 Å². The Labute approximate surface area is 206 Å². The fourth-order valence-corrected chi connectivity index (χ4v) is 3.71. The van der Waals surface area contributed by atoms with Gasteiger partial charge >= 0.3 is 0 Å². The first-order valence-electron chi connectivity index (χ1n) is 10.4. The van der Waals surface area contributed by atoms with Gasteiger partial charge in [-0.2, -0.15) is 5.10 Å². The Kier molecular flexibility index (Phi) is 10.9. The molecule has 0 radical (unpaired) electrons. The average molecular weight is 554 g/mol. The molecule has 2 N–H and O–H groups in total. The van der Waals surface area contributed by atoms with Crippen molar-refractivity contribution in [3.05, 3.63) is 64.6 Å². The average Bonchev–Trinajstić information content (AvgIpc) is 3.38. The van der Waals surface area contributed by atoms with Crippen molar-refractivity contribution >= 4 is 47.0 Å².